The highest BCUT2D eigenvalue weighted by molar-refractivity contribution is 6.04. The quantitative estimate of drug-likeness (QED) is 0.759. The second kappa shape index (κ2) is 6.44. The molecule has 6 nitrogen and oxygen atoms in total. The van der Waals surface area contributed by atoms with Crippen LogP contribution in [0.4, 0.5) is 15.9 Å². The predicted molar refractivity (Wildman–Crippen MR) is 95.0 cm³/mol. The number of nitrogens with one attached hydrogen (secondary N) is 2. The number of halogens is 1. The molecule has 1 aliphatic heterocycles. The van der Waals surface area contributed by atoms with Gasteiger partial charge in [0.15, 0.2) is 0 Å². The van der Waals surface area contributed by atoms with E-state index in [4.69, 9.17) is 0 Å². The van der Waals surface area contributed by atoms with Crippen LogP contribution in [0.2, 0.25) is 0 Å². The smallest absolute Gasteiger partial charge is 0.251 e. The first-order chi connectivity index (χ1) is 12.6. The predicted octanol–water partition coefficient (Wildman–Crippen LogP) is 3.21. The molecule has 0 radical (unpaired) electrons. The fraction of sp³-hybridized carbons (Fsp3) is 0.105. The molecule has 2 amide bonds. The van der Waals surface area contributed by atoms with Gasteiger partial charge in [0.1, 0.15) is 17.7 Å². The number of carbonyl (C=O) groups is 2. The molecular formula is C19H15FN4O2. The zero-order valence-electron chi connectivity index (χ0n) is 13.6. The number of aromatic nitrogens is 2. The van der Waals surface area contributed by atoms with E-state index in [0.717, 1.165) is 11.1 Å². The molecule has 3 aromatic rings. The molecule has 1 aromatic heterocycles. The summed E-state index contributed by atoms with van der Waals surface area (Å²) in [6.45, 7) is 0. The first kappa shape index (κ1) is 16.0. The van der Waals surface area contributed by atoms with E-state index < -0.39 is 11.9 Å². The Balaban J connectivity index is 1.53. The summed E-state index contributed by atoms with van der Waals surface area (Å²) in [6.07, 6.45) is 1.58. The van der Waals surface area contributed by atoms with Crippen molar-refractivity contribution in [2.24, 2.45) is 0 Å². The van der Waals surface area contributed by atoms with Crippen LogP contribution in [0.25, 0.3) is 11.1 Å². The maximum absolute atomic E-state index is 13.2. The van der Waals surface area contributed by atoms with Crippen molar-refractivity contribution in [2.75, 3.05) is 10.6 Å². The zero-order chi connectivity index (χ0) is 18.1. The molecule has 2 heterocycles. The van der Waals surface area contributed by atoms with Gasteiger partial charge in [-0.15, -0.1) is 0 Å². The van der Waals surface area contributed by atoms with Crippen molar-refractivity contribution in [2.45, 2.75) is 12.5 Å². The standard InChI is InChI=1S/C19H15FN4O2/c20-13-7-4-8-14(9-13)22-17(25)10-16-19(26)23-18-15(11-21-24(16)18)12-5-2-1-3-6-12/h1-9,11,16H,10H2,(H,22,25)(H,23,26). The van der Waals surface area contributed by atoms with E-state index in [1.807, 2.05) is 30.3 Å². The monoisotopic (exact) mass is 350 g/mol. The van der Waals surface area contributed by atoms with Gasteiger partial charge in [-0.05, 0) is 23.8 Å². The SMILES string of the molecule is O=C(CC1C(=O)Nc2c(-c3ccccc3)cnn21)Nc1cccc(F)c1. The molecule has 0 saturated carbocycles. The van der Waals surface area contributed by atoms with Gasteiger partial charge in [0, 0.05) is 11.3 Å². The fourth-order valence-corrected chi connectivity index (χ4v) is 3.00. The van der Waals surface area contributed by atoms with Gasteiger partial charge in [0.2, 0.25) is 5.91 Å². The number of benzene rings is 2. The normalized spacial score (nSPS) is 15.4. The van der Waals surface area contributed by atoms with E-state index in [2.05, 4.69) is 15.7 Å². The number of amides is 2. The van der Waals surface area contributed by atoms with Crippen LogP contribution >= 0.6 is 0 Å². The molecule has 26 heavy (non-hydrogen) atoms. The van der Waals surface area contributed by atoms with E-state index in [-0.39, 0.29) is 18.2 Å². The highest BCUT2D eigenvalue weighted by Gasteiger charge is 2.35. The number of hydrogen-bond donors (Lipinski definition) is 2. The van der Waals surface area contributed by atoms with Gasteiger partial charge in [-0.2, -0.15) is 5.10 Å². The second-order valence-electron chi connectivity index (χ2n) is 5.99. The minimum absolute atomic E-state index is 0.0920. The third kappa shape index (κ3) is 2.95. The largest absolute Gasteiger partial charge is 0.326 e. The minimum Gasteiger partial charge on any atom is -0.326 e. The van der Waals surface area contributed by atoms with Crippen LogP contribution in [-0.4, -0.2) is 21.6 Å². The fourth-order valence-electron chi connectivity index (χ4n) is 3.00. The Hall–Kier alpha value is -3.48. The summed E-state index contributed by atoms with van der Waals surface area (Å²) in [5, 5.41) is 9.67. The summed E-state index contributed by atoms with van der Waals surface area (Å²) in [4.78, 5) is 24.6. The van der Waals surface area contributed by atoms with Crippen molar-refractivity contribution in [3.8, 4) is 11.1 Å². The van der Waals surface area contributed by atoms with Gasteiger partial charge in [-0.1, -0.05) is 36.4 Å². The third-order valence-corrected chi connectivity index (χ3v) is 4.21. The Kier molecular flexibility index (Phi) is 3.96. The lowest BCUT2D eigenvalue weighted by atomic mass is 10.1. The second-order valence-corrected chi connectivity index (χ2v) is 5.99. The van der Waals surface area contributed by atoms with Crippen molar-refractivity contribution in [3.63, 3.8) is 0 Å². The first-order valence-corrected chi connectivity index (χ1v) is 8.11. The molecule has 1 aliphatic rings. The van der Waals surface area contributed by atoms with Gasteiger partial charge in [-0.25, -0.2) is 9.07 Å². The molecule has 1 unspecified atom stereocenters. The van der Waals surface area contributed by atoms with Crippen LogP contribution in [0.3, 0.4) is 0 Å². The molecule has 7 heteroatoms. The van der Waals surface area contributed by atoms with Crippen molar-refractivity contribution >= 4 is 23.3 Å². The van der Waals surface area contributed by atoms with Crippen LogP contribution in [-0.2, 0) is 9.59 Å². The van der Waals surface area contributed by atoms with Gasteiger partial charge in [-0.3, -0.25) is 9.59 Å². The number of fused-ring (bicyclic) bond motifs is 1. The number of hydrogen-bond acceptors (Lipinski definition) is 3. The molecule has 0 fully saturated rings. The molecule has 2 aromatic carbocycles. The molecule has 130 valence electrons. The molecule has 0 bridgehead atoms. The number of anilines is 2. The lowest BCUT2D eigenvalue weighted by molar-refractivity contribution is -0.123. The molecule has 4 rings (SSSR count). The van der Waals surface area contributed by atoms with Crippen molar-refractivity contribution in [3.05, 3.63) is 66.6 Å². The highest BCUT2D eigenvalue weighted by atomic mass is 19.1. The summed E-state index contributed by atoms with van der Waals surface area (Å²) >= 11 is 0. The van der Waals surface area contributed by atoms with Crippen LogP contribution in [0.15, 0.2) is 60.8 Å². The topological polar surface area (TPSA) is 76.0 Å². The Morgan fingerprint density at radius 2 is 2.00 bits per heavy atom. The van der Waals surface area contributed by atoms with Crippen molar-refractivity contribution in [1.29, 1.82) is 0 Å². The maximum atomic E-state index is 13.2. The highest BCUT2D eigenvalue weighted by Crippen LogP contribution is 2.35. The minimum atomic E-state index is -0.740. The van der Waals surface area contributed by atoms with E-state index in [1.165, 1.54) is 22.9 Å². The Labute approximate surface area is 148 Å². The van der Waals surface area contributed by atoms with E-state index in [9.17, 15) is 14.0 Å². The molecule has 2 N–H and O–H groups in total. The molecular weight excluding hydrogens is 335 g/mol. The third-order valence-electron chi connectivity index (χ3n) is 4.21. The Bertz CT molecular complexity index is 984. The van der Waals surface area contributed by atoms with Crippen molar-refractivity contribution in [1.82, 2.24) is 9.78 Å². The Morgan fingerprint density at radius 1 is 1.19 bits per heavy atom. The summed E-state index contributed by atoms with van der Waals surface area (Å²) in [7, 11) is 0. The summed E-state index contributed by atoms with van der Waals surface area (Å²) in [5.74, 6) is -0.548. The van der Waals surface area contributed by atoms with Gasteiger partial charge >= 0.3 is 0 Å². The number of rotatable bonds is 4. The van der Waals surface area contributed by atoms with E-state index >= 15 is 0 Å². The van der Waals surface area contributed by atoms with E-state index in [1.54, 1.807) is 12.3 Å². The molecule has 1 atom stereocenters. The van der Waals surface area contributed by atoms with Gasteiger partial charge in [0.05, 0.1) is 12.6 Å². The maximum Gasteiger partial charge on any atom is 0.251 e. The molecule has 0 aliphatic carbocycles. The Morgan fingerprint density at radius 3 is 2.77 bits per heavy atom. The van der Waals surface area contributed by atoms with E-state index in [0.29, 0.717) is 11.5 Å². The van der Waals surface area contributed by atoms with Crippen LogP contribution in [0, 0.1) is 5.82 Å². The number of carbonyl (C=O) groups excluding carboxylic acids is 2. The van der Waals surface area contributed by atoms with Crippen LogP contribution in [0.1, 0.15) is 12.5 Å². The summed E-state index contributed by atoms with van der Waals surface area (Å²) in [5.41, 5.74) is 2.07. The van der Waals surface area contributed by atoms with Crippen LogP contribution in [0.5, 0.6) is 0 Å². The summed E-state index contributed by atoms with van der Waals surface area (Å²) in [6, 6.07) is 14.4. The number of nitrogens with zero attached hydrogens (tertiary/aromatic N) is 2. The molecule has 0 spiro atoms. The van der Waals surface area contributed by atoms with Gasteiger partial charge < -0.3 is 10.6 Å². The van der Waals surface area contributed by atoms with Crippen molar-refractivity contribution < 1.29 is 14.0 Å². The average molecular weight is 350 g/mol. The average Bonchev–Trinajstić information content (AvgIpc) is 3.16. The van der Waals surface area contributed by atoms with Gasteiger partial charge in [0.25, 0.3) is 5.91 Å². The lowest BCUT2D eigenvalue weighted by Gasteiger charge is -2.10. The zero-order valence-corrected chi connectivity index (χ0v) is 13.6. The first-order valence-electron chi connectivity index (χ1n) is 8.11. The van der Waals surface area contributed by atoms with Crippen LogP contribution < -0.4 is 10.6 Å². The summed E-state index contributed by atoms with van der Waals surface area (Å²) < 4.78 is 14.7. The lowest BCUT2D eigenvalue weighted by Crippen LogP contribution is -2.23. The molecule has 0 saturated heterocycles.